The third-order valence-corrected chi connectivity index (χ3v) is 2.87. The number of aliphatic carboxylic acids is 1. The molecule has 0 fully saturated rings. The lowest BCUT2D eigenvalue weighted by Gasteiger charge is -2.23. The number of nitro groups is 1. The first-order valence-corrected chi connectivity index (χ1v) is 7.02. The summed E-state index contributed by atoms with van der Waals surface area (Å²) >= 11 is 5.83. The normalized spacial score (nSPS) is 12.3. The van der Waals surface area contributed by atoms with Crippen molar-refractivity contribution in [2.45, 2.75) is 38.8 Å². The van der Waals surface area contributed by atoms with Crippen molar-refractivity contribution < 1.29 is 24.4 Å². The average molecular weight is 345 g/mol. The van der Waals surface area contributed by atoms with Gasteiger partial charge in [-0.15, -0.1) is 0 Å². The van der Waals surface area contributed by atoms with E-state index in [1.807, 2.05) is 0 Å². The molecule has 1 atom stereocenters. The molecule has 0 bridgehead atoms. The lowest BCUT2D eigenvalue weighted by molar-refractivity contribution is -0.385. The Morgan fingerprint density at radius 2 is 2.04 bits per heavy atom. The van der Waals surface area contributed by atoms with Crippen molar-refractivity contribution in [2.75, 3.05) is 0 Å². The summed E-state index contributed by atoms with van der Waals surface area (Å²) in [6.07, 6.45) is -1.43. The van der Waals surface area contributed by atoms with Gasteiger partial charge in [0.15, 0.2) is 0 Å². The van der Waals surface area contributed by atoms with Crippen LogP contribution in [0.25, 0.3) is 0 Å². The molecule has 0 aliphatic heterocycles. The summed E-state index contributed by atoms with van der Waals surface area (Å²) in [7, 11) is 0. The van der Waals surface area contributed by atoms with Crippen LogP contribution in [0.15, 0.2) is 18.2 Å². The first-order chi connectivity index (χ1) is 10.5. The molecule has 0 saturated carbocycles. The quantitative estimate of drug-likeness (QED) is 0.624. The van der Waals surface area contributed by atoms with Crippen molar-refractivity contribution in [1.29, 1.82) is 0 Å². The molecule has 0 saturated heterocycles. The third kappa shape index (κ3) is 6.11. The zero-order valence-corrected chi connectivity index (χ0v) is 13.6. The second-order valence-electron chi connectivity index (χ2n) is 5.76. The predicted octanol–water partition coefficient (Wildman–Crippen LogP) is 3.29. The van der Waals surface area contributed by atoms with E-state index in [-0.39, 0.29) is 16.3 Å². The van der Waals surface area contributed by atoms with E-state index >= 15 is 0 Å². The summed E-state index contributed by atoms with van der Waals surface area (Å²) in [5.41, 5.74) is -1.13. The maximum Gasteiger partial charge on any atom is 0.408 e. The molecule has 0 heterocycles. The van der Waals surface area contributed by atoms with Gasteiger partial charge in [-0.05, 0) is 32.9 Å². The number of carboxylic acid groups (broad SMARTS) is 1. The Hall–Kier alpha value is -2.35. The molecule has 1 amide bonds. The molecule has 126 valence electrons. The number of halogens is 1. The van der Waals surface area contributed by atoms with Crippen molar-refractivity contribution >= 4 is 29.4 Å². The second-order valence-corrected chi connectivity index (χ2v) is 6.19. The molecule has 2 N–H and O–H groups in total. The Labute approximate surface area is 137 Å². The molecule has 1 rings (SSSR count). The molecule has 23 heavy (non-hydrogen) atoms. The molecule has 8 nitrogen and oxygen atoms in total. The maximum absolute atomic E-state index is 11.9. The van der Waals surface area contributed by atoms with Gasteiger partial charge < -0.3 is 15.2 Å². The summed E-state index contributed by atoms with van der Waals surface area (Å²) in [4.78, 5) is 33.3. The minimum Gasteiger partial charge on any atom is -0.481 e. The van der Waals surface area contributed by atoms with Crippen LogP contribution in [0.5, 0.6) is 0 Å². The minimum atomic E-state index is -1.24. The van der Waals surface area contributed by atoms with Crippen molar-refractivity contribution in [3.8, 4) is 0 Å². The van der Waals surface area contributed by atoms with Gasteiger partial charge in [0.05, 0.1) is 22.9 Å². The van der Waals surface area contributed by atoms with Crippen LogP contribution >= 0.6 is 11.6 Å². The Bertz CT molecular complexity index is 626. The van der Waals surface area contributed by atoms with Crippen LogP contribution in [0.2, 0.25) is 5.02 Å². The number of carbonyl (C=O) groups excluding carboxylic acids is 1. The highest BCUT2D eigenvalue weighted by Crippen LogP contribution is 2.30. The van der Waals surface area contributed by atoms with Crippen LogP contribution in [-0.2, 0) is 9.53 Å². The summed E-state index contributed by atoms with van der Waals surface area (Å²) in [6.45, 7) is 4.92. The van der Waals surface area contributed by atoms with E-state index in [0.29, 0.717) is 0 Å². The molecule has 1 aromatic carbocycles. The fourth-order valence-corrected chi connectivity index (χ4v) is 2.01. The average Bonchev–Trinajstić information content (AvgIpc) is 2.34. The van der Waals surface area contributed by atoms with Crippen LogP contribution in [-0.4, -0.2) is 27.7 Å². The molecule has 0 radical (unpaired) electrons. The van der Waals surface area contributed by atoms with E-state index in [2.05, 4.69) is 5.32 Å². The van der Waals surface area contributed by atoms with Gasteiger partial charge in [-0.3, -0.25) is 14.9 Å². The van der Waals surface area contributed by atoms with E-state index in [1.54, 1.807) is 20.8 Å². The van der Waals surface area contributed by atoms with Crippen molar-refractivity contribution in [1.82, 2.24) is 5.32 Å². The molecule has 0 unspecified atom stereocenters. The first kappa shape index (κ1) is 18.7. The van der Waals surface area contributed by atoms with Gasteiger partial charge in [0.2, 0.25) is 0 Å². The number of nitrogens with zero attached hydrogens (tertiary/aromatic N) is 1. The summed E-state index contributed by atoms with van der Waals surface area (Å²) < 4.78 is 5.06. The Morgan fingerprint density at radius 1 is 1.43 bits per heavy atom. The lowest BCUT2D eigenvalue weighted by atomic mass is 10.0. The van der Waals surface area contributed by atoms with E-state index in [4.69, 9.17) is 21.4 Å². The zero-order chi connectivity index (χ0) is 17.8. The fraction of sp³-hybridized carbons (Fsp3) is 0.429. The summed E-state index contributed by atoms with van der Waals surface area (Å²) in [5, 5.41) is 22.6. The standard InChI is InChI=1S/C14H17ClN2O6/c1-14(2,3)23-13(20)16-10(7-12(18)19)9-6-8(15)4-5-11(9)17(21)22/h4-6,10H,7H2,1-3H3,(H,16,20)(H,18,19)/t10-/m0/s1. The third-order valence-electron chi connectivity index (χ3n) is 2.63. The minimum absolute atomic E-state index is 0.00393. The highest BCUT2D eigenvalue weighted by Gasteiger charge is 2.28. The number of nitro benzene ring substituents is 1. The number of benzene rings is 1. The van der Waals surface area contributed by atoms with Crippen molar-refractivity contribution in [3.05, 3.63) is 38.9 Å². The summed E-state index contributed by atoms with van der Waals surface area (Å²) in [5.74, 6) is -1.24. The van der Waals surface area contributed by atoms with E-state index < -0.39 is 35.0 Å². The molecule has 1 aromatic rings. The van der Waals surface area contributed by atoms with Crippen LogP contribution in [0.3, 0.4) is 0 Å². The fourth-order valence-electron chi connectivity index (χ4n) is 1.83. The first-order valence-electron chi connectivity index (χ1n) is 6.65. The molecule has 0 aliphatic carbocycles. The van der Waals surface area contributed by atoms with Crippen LogP contribution in [0.4, 0.5) is 10.5 Å². The largest absolute Gasteiger partial charge is 0.481 e. The smallest absolute Gasteiger partial charge is 0.408 e. The Balaban J connectivity index is 3.17. The van der Waals surface area contributed by atoms with Crippen LogP contribution in [0, 0.1) is 10.1 Å². The Morgan fingerprint density at radius 3 is 2.52 bits per heavy atom. The molecular formula is C14H17ClN2O6. The van der Waals surface area contributed by atoms with E-state index in [9.17, 15) is 19.7 Å². The predicted molar refractivity (Wildman–Crippen MR) is 82.5 cm³/mol. The number of nitrogens with one attached hydrogen (secondary N) is 1. The highest BCUT2D eigenvalue weighted by molar-refractivity contribution is 6.30. The van der Waals surface area contributed by atoms with Gasteiger partial charge >= 0.3 is 12.1 Å². The van der Waals surface area contributed by atoms with Crippen molar-refractivity contribution in [2.24, 2.45) is 0 Å². The van der Waals surface area contributed by atoms with Gasteiger partial charge in [-0.1, -0.05) is 11.6 Å². The number of rotatable bonds is 5. The van der Waals surface area contributed by atoms with Gasteiger partial charge in [0.25, 0.3) is 5.69 Å². The van der Waals surface area contributed by atoms with Crippen molar-refractivity contribution in [3.63, 3.8) is 0 Å². The number of alkyl carbamates (subject to hydrolysis) is 1. The summed E-state index contributed by atoms with van der Waals surface area (Å²) in [6, 6.07) is 2.57. The molecule has 0 aromatic heterocycles. The Kier molecular flexibility index (Phi) is 5.91. The van der Waals surface area contributed by atoms with Gasteiger partial charge in [-0.2, -0.15) is 0 Å². The number of amides is 1. The molecule has 0 aliphatic rings. The highest BCUT2D eigenvalue weighted by atomic mass is 35.5. The van der Waals surface area contributed by atoms with E-state index in [0.717, 1.165) is 6.07 Å². The number of hydrogen-bond donors (Lipinski definition) is 2. The number of ether oxygens (including phenoxy) is 1. The second kappa shape index (κ2) is 7.28. The van der Waals surface area contributed by atoms with Gasteiger partial charge in [0, 0.05) is 11.1 Å². The SMILES string of the molecule is CC(C)(C)OC(=O)N[C@@H](CC(=O)O)c1cc(Cl)ccc1[N+](=O)[O-]. The lowest BCUT2D eigenvalue weighted by Crippen LogP contribution is -2.36. The van der Waals surface area contributed by atoms with Gasteiger partial charge in [-0.25, -0.2) is 4.79 Å². The number of carboxylic acids is 1. The van der Waals surface area contributed by atoms with Crippen LogP contribution in [0.1, 0.15) is 38.8 Å². The molecular weight excluding hydrogens is 328 g/mol. The number of carbonyl (C=O) groups is 2. The zero-order valence-electron chi connectivity index (χ0n) is 12.8. The number of hydrogen-bond acceptors (Lipinski definition) is 5. The monoisotopic (exact) mass is 344 g/mol. The molecule has 0 spiro atoms. The molecule has 9 heteroatoms. The van der Waals surface area contributed by atoms with Gasteiger partial charge in [0.1, 0.15) is 5.60 Å². The van der Waals surface area contributed by atoms with Crippen LogP contribution < -0.4 is 5.32 Å². The topological polar surface area (TPSA) is 119 Å². The van der Waals surface area contributed by atoms with E-state index in [1.165, 1.54) is 12.1 Å². The maximum atomic E-state index is 11.9.